The van der Waals surface area contributed by atoms with Crippen molar-refractivity contribution in [1.29, 1.82) is 0 Å². The van der Waals surface area contributed by atoms with E-state index in [0.717, 1.165) is 36.5 Å². The van der Waals surface area contributed by atoms with Crippen LogP contribution in [0.15, 0.2) is 48.6 Å². The Balaban J connectivity index is 1.49. The second kappa shape index (κ2) is 4.34. The number of ketones is 1. The van der Waals surface area contributed by atoms with Crippen LogP contribution >= 0.6 is 0 Å². The van der Waals surface area contributed by atoms with Gasteiger partial charge in [0.15, 0.2) is 0 Å². The SMILES string of the molecule is O=C(C1CC1)C12c3ccccc3C(C3C4C=CC(C4)C31)C1C3C=CC(C3)C12. The van der Waals surface area contributed by atoms with Gasteiger partial charge in [-0.2, -0.15) is 0 Å². The predicted octanol–water partition coefficient (Wildman–Crippen LogP) is 4.89. The molecule has 0 heterocycles. The molecule has 136 valence electrons. The maximum absolute atomic E-state index is 14.3. The van der Waals surface area contributed by atoms with E-state index in [4.69, 9.17) is 0 Å². The summed E-state index contributed by atoms with van der Waals surface area (Å²) in [4.78, 5) is 14.3. The Kier molecular flexibility index (Phi) is 2.31. The lowest BCUT2D eigenvalue weighted by atomic mass is 9.37. The molecule has 8 aliphatic carbocycles. The number of fused-ring (bicyclic) bond motifs is 4. The highest BCUT2D eigenvalue weighted by molar-refractivity contribution is 5.96. The van der Waals surface area contributed by atoms with Gasteiger partial charge in [0.2, 0.25) is 0 Å². The van der Waals surface area contributed by atoms with Crippen LogP contribution in [0.4, 0.5) is 0 Å². The number of carbonyl (C=O) groups is 1. The number of carbonyl (C=O) groups excluding carboxylic acids is 1. The molecule has 8 atom stereocenters. The first-order chi connectivity index (χ1) is 13.3. The zero-order chi connectivity index (χ0) is 17.5. The van der Waals surface area contributed by atoms with Crippen molar-refractivity contribution >= 4 is 5.78 Å². The number of hydrogen-bond donors (Lipinski definition) is 0. The van der Waals surface area contributed by atoms with Crippen LogP contribution in [0.2, 0.25) is 0 Å². The van der Waals surface area contributed by atoms with Gasteiger partial charge >= 0.3 is 0 Å². The van der Waals surface area contributed by atoms with Crippen molar-refractivity contribution in [3.05, 3.63) is 59.7 Å². The summed E-state index contributed by atoms with van der Waals surface area (Å²) in [6.45, 7) is 0. The molecule has 0 aliphatic heterocycles. The number of Topliss-reactive ketones (excluding diaryl/α,β-unsaturated/α-hetero) is 1. The van der Waals surface area contributed by atoms with Crippen molar-refractivity contribution < 1.29 is 4.79 Å². The van der Waals surface area contributed by atoms with Crippen LogP contribution in [0, 0.1) is 53.3 Å². The van der Waals surface area contributed by atoms with Gasteiger partial charge < -0.3 is 0 Å². The lowest BCUT2D eigenvalue weighted by molar-refractivity contribution is -0.142. The maximum atomic E-state index is 14.3. The largest absolute Gasteiger partial charge is 0.298 e. The van der Waals surface area contributed by atoms with Crippen molar-refractivity contribution in [3.63, 3.8) is 0 Å². The molecule has 0 saturated heterocycles. The van der Waals surface area contributed by atoms with E-state index in [1.807, 2.05) is 0 Å². The average Bonchev–Trinajstić information content (AvgIpc) is 3.08. The number of benzene rings is 1. The van der Waals surface area contributed by atoms with Crippen molar-refractivity contribution in [2.75, 3.05) is 0 Å². The highest BCUT2D eigenvalue weighted by atomic mass is 16.1. The number of hydrogen-bond acceptors (Lipinski definition) is 1. The predicted molar refractivity (Wildman–Crippen MR) is 104 cm³/mol. The molecule has 27 heavy (non-hydrogen) atoms. The molecule has 8 unspecified atom stereocenters. The topological polar surface area (TPSA) is 17.1 Å². The Bertz CT molecular complexity index is 909. The van der Waals surface area contributed by atoms with Crippen LogP contribution in [-0.2, 0) is 10.2 Å². The van der Waals surface area contributed by atoms with Crippen LogP contribution in [-0.4, -0.2) is 5.78 Å². The van der Waals surface area contributed by atoms with Crippen LogP contribution < -0.4 is 0 Å². The van der Waals surface area contributed by atoms with E-state index >= 15 is 0 Å². The Labute approximate surface area is 160 Å². The molecular weight excluding hydrogens is 328 g/mol. The van der Waals surface area contributed by atoms with E-state index in [1.165, 1.54) is 18.4 Å². The van der Waals surface area contributed by atoms with E-state index < -0.39 is 0 Å². The van der Waals surface area contributed by atoms with Gasteiger partial charge in [0.05, 0.1) is 5.41 Å². The van der Waals surface area contributed by atoms with Crippen molar-refractivity contribution in [2.24, 2.45) is 53.3 Å². The van der Waals surface area contributed by atoms with Crippen LogP contribution in [0.1, 0.15) is 42.7 Å². The standard InChI is InChI=1S/C26H26O/c27-25(13-5-6-13)26-19-4-2-1-3-18(19)22(20-14-7-9-16(11-14)23(20)26)21-15-8-10-17(12-15)24(21)26/h1-4,7-10,13-17,20-24H,5-6,11-12H2. The summed E-state index contributed by atoms with van der Waals surface area (Å²) in [5.41, 5.74) is 2.89. The van der Waals surface area contributed by atoms with E-state index in [2.05, 4.69) is 48.6 Å². The van der Waals surface area contributed by atoms with Gasteiger partial charge in [-0.15, -0.1) is 0 Å². The Morgan fingerprint density at radius 1 is 0.815 bits per heavy atom. The number of rotatable bonds is 2. The van der Waals surface area contributed by atoms with Crippen LogP contribution in [0.25, 0.3) is 0 Å². The highest BCUT2D eigenvalue weighted by Gasteiger charge is 2.76. The van der Waals surface area contributed by atoms with Gasteiger partial charge in [0, 0.05) is 5.92 Å². The van der Waals surface area contributed by atoms with Crippen molar-refractivity contribution in [3.8, 4) is 0 Å². The summed E-state index contributed by atoms with van der Waals surface area (Å²) in [7, 11) is 0. The molecule has 4 fully saturated rings. The van der Waals surface area contributed by atoms with Crippen molar-refractivity contribution in [2.45, 2.75) is 37.0 Å². The van der Waals surface area contributed by atoms with Crippen LogP contribution in [0.5, 0.6) is 0 Å². The molecule has 4 saturated carbocycles. The van der Waals surface area contributed by atoms with Gasteiger partial charge in [-0.25, -0.2) is 0 Å². The third-order valence-corrected chi connectivity index (χ3v) is 10.0. The zero-order valence-corrected chi connectivity index (χ0v) is 15.6. The van der Waals surface area contributed by atoms with Crippen LogP contribution in [0.3, 0.4) is 0 Å². The first kappa shape index (κ1) is 14.4. The summed E-state index contributed by atoms with van der Waals surface area (Å²) >= 11 is 0. The zero-order valence-electron chi connectivity index (χ0n) is 15.6. The first-order valence-corrected chi connectivity index (χ1v) is 11.3. The summed E-state index contributed by atoms with van der Waals surface area (Å²) < 4.78 is 0. The van der Waals surface area contributed by atoms with E-state index in [-0.39, 0.29) is 5.41 Å². The lowest BCUT2D eigenvalue weighted by Crippen LogP contribution is -2.65. The minimum absolute atomic E-state index is 0.170. The average molecular weight is 354 g/mol. The molecule has 0 radical (unpaired) electrons. The summed E-state index contributed by atoms with van der Waals surface area (Å²) in [5, 5.41) is 0. The minimum atomic E-state index is -0.170. The van der Waals surface area contributed by atoms with E-state index in [0.29, 0.717) is 41.3 Å². The van der Waals surface area contributed by atoms with E-state index in [9.17, 15) is 4.79 Å². The summed E-state index contributed by atoms with van der Waals surface area (Å²) in [6.07, 6.45) is 15.0. The van der Waals surface area contributed by atoms with Gasteiger partial charge in [-0.05, 0) is 90.1 Å². The molecule has 1 aromatic rings. The summed E-state index contributed by atoms with van der Waals surface area (Å²) in [6, 6.07) is 9.25. The molecule has 6 bridgehead atoms. The van der Waals surface area contributed by atoms with Gasteiger partial charge in [0.1, 0.15) is 5.78 Å². The Morgan fingerprint density at radius 3 is 2.04 bits per heavy atom. The normalized spacial score (nSPS) is 54.3. The molecule has 1 nitrogen and oxygen atoms in total. The molecule has 9 rings (SSSR count). The molecule has 8 aliphatic rings. The summed E-state index contributed by atoms with van der Waals surface area (Å²) in [5.74, 6) is 7.14. The van der Waals surface area contributed by atoms with Gasteiger partial charge in [0.25, 0.3) is 0 Å². The molecule has 1 aromatic carbocycles. The molecule has 0 amide bonds. The monoisotopic (exact) mass is 354 g/mol. The quantitative estimate of drug-likeness (QED) is 0.691. The second-order valence-electron chi connectivity index (χ2n) is 10.7. The van der Waals surface area contributed by atoms with Gasteiger partial charge in [-0.1, -0.05) is 48.6 Å². The Morgan fingerprint density at radius 2 is 1.41 bits per heavy atom. The van der Waals surface area contributed by atoms with Gasteiger partial charge in [-0.3, -0.25) is 4.79 Å². The number of allylic oxidation sites excluding steroid dienone is 4. The fourth-order valence-corrected chi connectivity index (χ4v) is 9.54. The maximum Gasteiger partial charge on any atom is 0.147 e. The molecule has 1 heteroatoms. The highest BCUT2D eigenvalue weighted by Crippen LogP contribution is 2.78. The Hall–Kier alpha value is -1.63. The third-order valence-electron chi connectivity index (χ3n) is 10.0. The molecule has 0 N–H and O–H groups in total. The fraction of sp³-hybridized carbons (Fsp3) is 0.577. The lowest BCUT2D eigenvalue weighted by Gasteiger charge is -2.65. The molecular formula is C26H26O. The molecule has 0 aromatic heterocycles. The van der Waals surface area contributed by atoms with Crippen molar-refractivity contribution in [1.82, 2.24) is 0 Å². The van der Waals surface area contributed by atoms with E-state index in [1.54, 1.807) is 5.56 Å². The smallest absolute Gasteiger partial charge is 0.147 e. The first-order valence-electron chi connectivity index (χ1n) is 11.3. The fourth-order valence-electron chi connectivity index (χ4n) is 9.54. The molecule has 0 spiro atoms. The second-order valence-corrected chi connectivity index (χ2v) is 10.7. The third kappa shape index (κ3) is 1.37. The minimum Gasteiger partial charge on any atom is -0.298 e.